The number of furan rings is 1. The number of para-hydroxylation sites is 2. The van der Waals surface area contributed by atoms with Crippen LogP contribution in [0.1, 0.15) is 11.3 Å². The lowest BCUT2D eigenvalue weighted by Crippen LogP contribution is -2.19. The third-order valence-corrected chi connectivity index (χ3v) is 9.95. The molecule has 0 saturated carbocycles. The summed E-state index contributed by atoms with van der Waals surface area (Å²) in [4.78, 5) is 15.1. The lowest BCUT2D eigenvalue weighted by atomic mass is 10.0. The van der Waals surface area contributed by atoms with Crippen LogP contribution in [-0.4, -0.2) is 19.5 Å². The molecule has 254 valence electrons. The molecule has 0 amide bonds. The van der Waals surface area contributed by atoms with Crippen molar-refractivity contribution in [2.24, 2.45) is 0 Å². The summed E-state index contributed by atoms with van der Waals surface area (Å²) < 4.78 is 8.60. The Morgan fingerprint density at radius 2 is 1.07 bits per heavy atom. The highest BCUT2D eigenvalue weighted by Crippen LogP contribution is 2.38. The minimum Gasteiger partial charge on any atom is -0.456 e. The minimum absolute atomic E-state index is 0.629. The Kier molecular flexibility index (Phi) is 7.73. The van der Waals surface area contributed by atoms with Crippen molar-refractivity contribution in [3.63, 3.8) is 0 Å². The predicted molar refractivity (Wildman–Crippen MR) is 222 cm³/mol. The monoisotopic (exact) mass is 692 g/mol. The second-order valence-electron chi connectivity index (χ2n) is 13.2. The fraction of sp³-hybridized carbons (Fsp3) is 0. The summed E-state index contributed by atoms with van der Waals surface area (Å²) in [6.45, 7) is 0. The van der Waals surface area contributed by atoms with Crippen molar-refractivity contribution in [2.75, 3.05) is 0 Å². The van der Waals surface area contributed by atoms with Crippen molar-refractivity contribution >= 4 is 56.9 Å². The van der Waals surface area contributed by atoms with Crippen LogP contribution in [0.4, 0.5) is 0 Å². The van der Waals surface area contributed by atoms with Crippen LogP contribution in [0, 0.1) is 0 Å². The van der Waals surface area contributed by atoms with Crippen LogP contribution in [0.3, 0.4) is 0 Å². The zero-order valence-electron chi connectivity index (χ0n) is 29.2. The molecule has 1 aliphatic rings. The number of benzene rings is 6. The second kappa shape index (κ2) is 13.3. The van der Waals surface area contributed by atoms with Gasteiger partial charge in [-0.25, -0.2) is 15.0 Å². The molecule has 6 aromatic carbocycles. The molecule has 3 aromatic heterocycles. The third-order valence-electron chi connectivity index (χ3n) is 9.95. The van der Waals surface area contributed by atoms with Gasteiger partial charge in [-0.05, 0) is 41.8 Å². The van der Waals surface area contributed by atoms with Crippen LogP contribution in [0.2, 0.25) is 0 Å². The summed E-state index contributed by atoms with van der Waals surface area (Å²) in [6, 6.07) is 49.9. The highest BCUT2D eigenvalue weighted by molar-refractivity contribution is 6.03. The normalized spacial score (nSPS) is 14.4. The van der Waals surface area contributed by atoms with Gasteiger partial charge in [-0.1, -0.05) is 158 Å². The smallest absolute Gasteiger partial charge is 0.164 e. The van der Waals surface area contributed by atoms with Gasteiger partial charge in [-0.2, -0.15) is 0 Å². The number of allylic oxidation sites excluding steroid dienone is 4. The molecule has 54 heavy (non-hydrogen) atoms. The lowest BCUT2D eigenvalue weighted by Gasteiger charge is -2.16. The quantitative estimate of drug-likeness (QED) is 0.184. The molecule has 5 nitrogen and oxygen atoms in total. The Morgan fingerprint density at radius 3 is 1.83 bits per heavy atom. The Labute approximate surface area is 311 Å². The average molecular weight is 693 g/mol. The van der Waals surface area contributed by atoms with Crippen LogP contribution in [-0.2, 0) is 0 Å². The lowest BCUT2D eigenvalue weighted by molar-refractivity contribution is 0.576. The maximum Gasteiger partial charge on any atom is 0.164 e. The van der Waals surface area contributed by atoms with Crippen LogP contribution in [0.5, 0.6) is 0 Å². The fourth-order valence-electron chi connectivity index (χ4n) is 7.46. The van der Waals surface area contributed by atoms with Gasteiger partial charge in [0.2, 0.25) is 0 Å². The second-order valence-corrected chi connectivity index (χ2v) is 13.2. The Morgan fingerprint density at radius 1 is 0.444 bits per heavy atom. The molecular formula is C49H32N4O. The summed E-state index contributed by atoms with van der Waals surface area (Å²) in [5.41, 5.74) is 8.94. The summed E-state index contributed by atoms with van der Waals surface area (Å²) in [5, 5.41) is 5.47. The van der Waals surface area contributed by atoms with E-state index in [9.17, 15) is 0 Å². The number of nitrogens with zero attached hydrogens (tertiary/aromatic N) is 4. The summed E-state index contributed by atoms with van der Waals surface area (Å²) >= 11 is 0. The van der Waals surface area contributed by atoms with Crippen molar-refractivity contribution in [3.05, 3.63) is 192 Å². The van der Waals surface area contributed by atoms with Crippen molar-refractivity contribution < 1.29 is 4.42 Å². The molecule has 0 bridgehead atoms. The molecule has 0 atom stereocenters. The molecule has 10 rings (SSSR count). The maximum absolute atomic E-state index is 6.22. The minimum atomic E-state index is 0.629. The molecule has 5 heteroatoms. The molecule has 9 aromatic rings. The molecule has 0 saturated heterocycles. The van der Waals surface area contributed by atoms with E-state index in [-0.39, 0.29) is 0 Å². The molecule has 1 aliphatic carbocycles. The van der Waals surface area contributed by atoms with Crippen molar-refractivity contribution in [1.29, 1.82) is 0 Å². The van der Waals surface area contributed by atoms with Gasteiger partial charge in [-0.3, -0.25) is 0 Å². The molecule has 3 heterocycles. The maximum atomic E-state index is 6.22. The predicted octanol–water partition coefficient (Wildman–Crippen LogP) is 10.6. The fourth-order valence-corrected chi connectivity index (χ4v) is 7.46. The third kappa shape index (κ3) is 5.47. The van der Waals surface area contributed by atoms with E-state index >= 15 is 0 Å². The van der Waals surface area contributed by atoms with Crippen molar-refractivity contribution in [1.82, 2.24) is 19.5 Å². The Hall–Kier alpha value is -7.37. The van der Waals surface area contributed by atoms with Gasteiger partial charge in [0.05, 0.1) is 16.9 Å². The van der Waals surface area contributed by atoms with Crippen LogP contribution in [0.15, 0.2) is 174 Å². The first-order valence-electron chi connectivity index (χ1n) is 18.0. The molecule has 0 N–H and O–H groups in total. The first kappa shape index (κ1) is 31.4. The van der Waals surface area contributed by atoms with E-state index in [1.807, 2.05) is 84.9 Å². The first-order valence-corrected chi connectivity index (χ1v) is 18.0. The van der Waals surface area contributed by atoms with Gasteiger partial charge in [0.1, 0.15) is 11.0 Å². The van der Waals surface area contributed by atoms with Gasteiger partial charge in [0, 0.05) is 43.6 Å². The van der Waals surface area contributed by atoms with Gasteiger partial charge in [-0.15, -0.1) is 0 Å². The van der Waals surface area contributed by atoms with E-state index in [0.717, 1.165) is 76.9 Å². The number of aromatic nitrogens is 4. The Balaban J connectivity index is 1.19. The largest absolute Gasteiger partial charge is 0.456 e. The van der Waals surface area contributed by atoms with E-state index in [2.05, 4.69) is 114 Å². The number of fused-ring (bicyclic) bond motifs is 7. The molecular weight excluding hydrogens is 661 g/mol. The van der Waals surface area contributed by atoms with Crippen molar-refractivity contribution in [2.45, 2.75) is 0 Å². The standard InChI is InChI=1S/C49H32N4O/c1-4-17-33(18-5-1)47-50-48(34-19-6-2-7-20-34)52-49(51-47)41-31-32-44(36-22-11-10-21-35(36)41)53-42-27-8-3-9-29-45-40(39-24-13-15-30-46(39)54-45)26-16-25-38(42)37-23-12-14-28-43(37)53/h1-32H/b8-3?,9-3?,25-16+,26-16?,27-8?,29-9?,38-25?,40-26+,42-27?,45-29+. The van der Waals surface area contributed by atoms with Crippen LogP contribution < -0.4 is 10.6 Å². The van der Waals surface area contributed by atoms with E-state index in [4.69, 9.17) is 19.4 Å². The molecule has 0 fully saturated rings. The molecule has 0 aliphatic heterocycles. The molecule has 0 unspecified atom stereocenters. The van der Waals surface area contributed by atoms with E-state index in [1.54, 1.807) is 0 Å². The van der Waals surface area contributed by atoms with Gasteiger partial charge >= 0.3 is 0 Å². The first-order chi connectivity index (χ1) is 26.8. The summed E-state index contributed by atoms with van der Waals surface area (Å²) in [7, 11) is 0. The van der Waals surface area contributed by atoms with Crippen LogP contribution in [0.25, 0.3) is 96.8 Å². The Bertz CT molecular complexity index is 3040. The SMILES string of the molecule is C1=C/C=c2/oc3ccccc3/c2=C\C=C\c2c(n(-c3ccc(-c4nc(-c5ccccc5)nc(-c5ccccc5)n4)c4ccccc34)c3ccccc23)C=C1. The number of hydrogen-bond acceptors (Lipinski definition) is 4. The summed E-state index contributed by atoms with van der Waals surface area (Å²) in [5.74, 6) is 1.90. The number of rotatable bonds is 4. The molecule has 0 radical (unpaired) electrons. The zero-order valence-corrected chi connectivity index (χ0v) is 29.2. The highest BCUT2D eigenvalue weighted by atomic mass is 16.3. The van der Waals surface area contributed by atoms with Crippen LogP contribution >= 0.6 is 0 Å². The van der Waals surface area contributed by atoms with E-state index in [0.29, 0.717) is 17.5 Å². The summed E-state index contributed by atoms with van der Waals surface area (Å²) in [6.07, 6.45) is 16.9. The highest BCUT2D eigenvalue weighted by Gasteiger charge is 2.20. The van der Waals surface area contributed by atoms with E-state index in [1.165, 1.54) is 0 Å². The molecule has 0 spiro atoms. The number of hydrogen-bond donors (Lipinski definition) is 0. The van der Waals surface area contributed by atoms with Gasteiger partial charge < -0.3 is 8.98 Å². The van der Waals surface area contributed by atoms with E-state index < -0.39 is 0 Å². The van der Waals surface area contributed by atoms with Crippen molar-refractivity contribution in [3.8, 4) is 39.9 Å². The van der Waals surface area contributed by atoms with Gasteiger partial charge in [0.25, 0.3) is 0 Å². The zero-order chi connectivity index (χ0) is 35.8. The topological polar surface area (TPSA) is 56.7 Å². The average Bonchev–Trinajstić information content (AvgIpc) is 3.74. The van der Waals surface area contributed by atoms with Gasteiger partial charge in [0.15, 0.2) is 17.5 Å².